The first-order valence-electron chi connectivity index (χ1n) is 4.90. The predicted octanol–water partition coefficient (Wildman–Crippen LogP) is 1.14. The zero-order valence-electron chi connectivity index (χ0n) is 8.95. The number of hydrogen-bond acceptors (Lipinski definition) is 2. The zero-order chi connectivity index (χ0) is 11.1. The summed E-state index contributed by atoms with van der Waals surface area (Å²) in [6, 6.07) is 7.58. The van der Waals surface area contributed by atoms with Crippen molar-refractivity contribution in [2.75, 3.05) is 19.3 Å². The van der Waals surface area contributed by atoms with E-state index in [1.54, 1.807) is 11.9 Å². The molecule has 1 saturated heterocycles. The summed E-state index contributed by atoms with van der Waals surface area (Å²) in [6.07, 6.45) is 0. The molecule has 0 saturated carbocycles. The Morgan fingerprint density at radius 1 is 1.40 bits per heavy atom. The molecule has 0 bridgehead atoms. The van der Waals surface area contributed by atoms with Crippen LogP contribution in [-0.4, -0.2) is 24.5 Å². The summed E-state index contributed by atoms with van der Waals surface area (Å²) in [5.41, 5.74) is 7.13. The molecule has 0 aliphatic carbocycles. The second kappa shape index (κ2) is 3.15. The van der Waals surface area contributed by atoms with Crippen molar-refractivity contribution in [2.45, 2.75) is 12.5 Å². The summed E-state index contributed by atoms with van der Waals surface area (Å²) in [4.78, 5) is 13.1. The maximum Gasteiger partial charge on any atom is 0.317 e. The number of hydrogen-bond donors (Lipinski definition) is 2. The van der Waals surface area contributed by atoms with Gasteiger partial charge in [0.25, 0.3) is 0 Å². The Morgan fingerprint density at radius 3 is 2.47 bits per heavy atom. The molecule has 1 unspecified atom stereocenters. The number of amides is 2. The molecule has 1 heterocycles. The van der Waals surface area contributed by atoms with Gasteiger partial charge in [-0.3, -0.25) is 0 Å². The van der Waals surface area contributed by atoms with Crippen LogP contribution in [0.3, 0.4) is 0 Å². The van der Waals surface area contributed by atoms with Crippen molar-refractivity contribution in [3.63, 3.8) is 0 Å². The van der Waals surface area contributed by atoms with Crippen molar-refractivity contribution in [1.82, 2.24) is 10.2 Å². The lowest BCUT2D eigenvalue weighted by Gasteiger charge is -2.23. The lowest BCUT2D eigenvalue weighted by Crippen LogP contribution is -2.37. The van der Waals surface area contributed by atoms with Crippen LogP contribution in [0.4, 0.5) is 10.5 Å². The number of nitrogens with two attached hydrogens (primary N) is 1. The highest BCUT2D eigenvalue weighted by Gasteiger charge is 2.37. The maximum atomic E-state index is 11.4. The Bertz CT molecular complexity index is 387. The van der Waals surface area contributed by atoms with E-state index in [4.69, 9.17) is 5.73 Å². The van der Waals surface area contributed by atoms with Gasteiger partial charge in [0.05, 0.1) is 5.54 Å². The zero-order valence-corrected chi connectivity index (χ0v) is 8.95. The van der Waals surface area contributed by atoms with Gasteiger partial charge < -0.3 is 16.0 Å². The Balaban J connectivity index is 2.31. The molecule has 2 amide bonds. The predicted molar refractivity (Wildman–Crippen MR) is 59.4 cm³/mol. The van der Waals surface area contributed by atoms with Gasteiger partial charge in [0, 0.05) is 19.3 Å². The summed E-state index contributed by atoms with van der Waals surface area (Å²) in [5, 5.41) is 2.96. The smallest absolute Gasteiger partial charge is 0.317 e. The van der Waals surface area contributed by atoms with Crippen LogP contribution in [0.1, 0.15) is 12.5 Å². The fourth-order valence-electron chi connectivity index (χ4n) is 1.93. The standard InChI is InChI=1S/C11H15N3O/c1-11(7-14(2)10(15)13-11)8-3-5-9(12)6-4-8/h3-6H,7,12H2,1-2H3,(H,13,15). The van der Waals surface area contributed by atoms with E-state index in [2.05, 4.69) is 5.32 Å². The van der Waals surface area contributed by atoms with Crippen LogP contribution in [0.25, 0.3) is 0 Å². The molecule has 1 fully saturated rings. The summed E-state index contributed by atoms with van der Waals surface area (Å²) >= 11 is 0. The van der Waals surface area contributed by atoms with Crippen molar-refractivity contribution in [1.29, 1.82) is 0 Å². The summed E-state index contributed by atoms with van der Waals surface area (Å²) < 4.78 is 0. The molecule has 2 rings (SSSR count). The van der Waals surface area contributed by atoms with Crippen molar-refractivity contribution in [2.24, 2.45) is 0 Å². The lowest BCUT2D eigenvalue weighted by molar-refractivity contribution is 0.226. The number of nitrogens with zero attached hydrogens (tertiary/aromatic N) is 1. The first kappa shape index (κ1) is 9.83. The van der Waals surface area contributed by atoms with Gasteiger partial charge >= 0.3 is 6.03 Å². The third-order valence-electron chi connectivity index (χ3n) is 2.83. The summed E-state index contributed by atoms with van der Waals surface area (Å²) in [7, 11) is 1.79. The highest BCUT2D eigenvalue weighted by molar-refractivity contribution is 5.78. The Hall–Kier alpha value is -1.71. The molecule has 1 aliphatic heterocycles. The van der Waals surface area contributed by atoms with Crippen molar-refractivity contribution < 1.29 is 4.79 Å². The van der Waals surface area contributed by atoms with E-state index < -0.39 is 0 Å². The maximum absolute atomic E-state index is 11.4. The fourth-order valence-corrected chi connectivity index (χ4v) is 1.93. The second-order valence-corrected chi connectivity index (χ2v) is 4.24. The van der Waals surface area contributed by atoms with Crippen molar-refractivity contribution in [3.05, 3.63) is 29.8 Å². The molecule has 1 aromatic carbocycles. The van der Waals surface area contributed by atoms with Crippen LogP contribution < -0.4 is 11.1 Å². The average molecular weight is 205 g/mol. The average Bonchev–Trinajstić information content (AvgIpc) is 2.43. The van der Waals surface area contributed by atoms with Gasteiger partial charge in [0.2, 0.25) is 0 Å². The highest BCUT2D eigenvalue weighted by atomic mass is 16.2. The molecule has 80 valence electrons. The van der Waals surface area contributed by atoms with Crippen LogP contribution in [-0.2, 0) is 5.54 Å². The van der Waals surface area contributed by atoms with E-state index in [0.717, 1.165) is 11.3 Å². The molecule has 0 radical (unpaired) electrons. The van der Waals surface area contributed by atoms with Crippen LogP contribution in [0.2, 0.25) is 0 Å². The van der Waals surface area contributed by atoms with Crippen LogP contribution in [0, 0.1) is 0 Å². The van der Waals surface area contributed by atoms with Crippen molar-refractivity contribution in [3.8, 4) is 0 Å². The van der Waals surface area contributed by atoms with Gasteiger partial charge in [-0.05, 0) is 24.6 Å². The largest absolute Gasteiger partial charge is 0.399 e. The van der Waals surface area contributed by atoms with E-state index in [0.29, 0.717) is 6.54 Å². The minimum Gasteiger partial charge on any atom is -0.399 e. The minimum atomic E-state index is -0.306. The van der Waals surface area contributed by atoms with Crippen LogP contribution >= 0.6 is 0 Å². The SMILES string of the molecule is CN1CC(C)(c2ccc(N)cc2)NC1=O. The number of carbonyl (C=O) groups excluding carboxylic acids is 1. The highest BCUT2D eigenvalue weighted by Crippen LogP contribution is 2.26. The van der Waals surface area contributed by atoms with Gasteiger partial charge in [-0.25, -0.2) is 4.79 Å². The molecule has 15 heavy (non-hydrogen) atoms. The number of nitrogens with one attached hydrogen (secondary N) is 1. The van der Waals surface area contributed by atoms with Gasteiger partial charge in [-0.1, -0.05) is 12.1 Å². The molecule has 0 aromatic heterocycles. The van der Waals surface area contributed by atoms with Gasteiger partial charge in [0.15, 0.2) is 0 Å². The number of carbonyl (C=O) groups is 1. The lowest BCUT2D eigenvalue weighted by atomic mass is 9.93. The minimum absolute atomic E-state index is 0.0330. The number of likely N-dealkylation sites (N-methyl/N-ethyl adjacent to an activating group) is 1. The number of urea groups is 1. The molecule has 1 aromatic rings. The molecule has 3 N–H and O–H groups in total. The summed E-state index contributed by atoms with van der Waals surface area (Å²) in [5.74, 6) is 0. The van der Waals surface area contributed by atoms with E-state index >= 15 is 0 Å². The first-order valence-corrected chi connectivity index (χ1v) is 4.90. The molecular weight excluding hydrogens is 190 g/mol. The van der Waals surface area contributed by atoms with E-state index in [1.165, 1.54) is 0 Å². The Labute approximate surface area is 89.1 Å². The topological polar surface area (TPSA) is 58.4 Å². The summed E-state index contributed by atoms with van der Waals surface area (Å²) in [6.45, 7) is 2.69. The van der Waals surface area contributed by atoms with Crippen LogP contribution in [0.15, 0.2) is 24.3 Å². The number of anilines is 1. The molecular formula is C11H15N3O. The van der Waals surface area contributed by atoms with Gasteiger partial charge in [-0.2, -0.15) is 0 Å². The van der Waals surface area contributed by atoms with Gasteiger partial charge in [0.1, 0.15) is 0 Å². The molecule has 1 aliphatic rings. The van der Waals surface area contributed by atoms with Gasteiger partial charge in [-0.15, -0.1) is 0 Å². The first-order chi connectivity index (χ1) is 7.01. The number of benzene rings is 1. The molecule has 4 heteroatoms. The monoisotopic (exact) mass is 205 g/mol. The quantitative estimate of drug-likeness (QED) is 0.675. The van der Waals surface area contributed by atoms with E-state index in [-0.39, 0.29) is 11.6 Å². The number of rotatable bonds is 1. The molecule has 1 atom stereocenters. The van der Waals surface area contributed by atoms with E-state index in [1.807, 2.05) is 31.2 Å². The third-order valence-corrected chi connectivity index (χ3v) is 2.83. The normalized spacial score (nSPS) is 25.5. The van der Waals surface area contributed by atoms with Crippen LogP contribution in [0.5, 0.6) is 0 Å². The van der Waals surface area contributed by atoms with Crippen molar-refractivity contribution >= 4 is 11.7 Å². The fraction of sp³-hybridized carbons (Fsp3) is 0.364. The molecule has 0 spiro atoms. The third kappa shape index (κ3) is 1.63. The Morgan fingerprint density at radius 2 is 2.00 bits per heavy atom. The van der Waals surface area contributed by atoms with E-state index in [9.17, 15) is 4.79 Å². The Kier molecular flexibility index (Phi) is 2.07. The second-order valence-electron chi connectivity index (χ2n) is 4.24. The number of nitrogen functional groups attached to an aromatic ring is 1. The molecule has 4 nitrogen and oxygen atoms in total.